The van der Waals surface area contributed by atoms with Gasteiger partial charge < -0.3 is 9.73 Å². The maximum Gasteiger partial charge on any atom is 0.158 e. The third-order valence-corrected chi connectivity index (χ3v) is 8.14. The minimum Gasteiger partial charge on any atom is -0.454 e. The number of furan rings is 1. The lowest BCUT2D eigenvalue weighted by Crippen LogP contribution is -2.28. The molecule has 0 saturated heterocycles. The summed E-state index contributed by atoms with van der Waals surface area (Å²) in [5, 5.41) is 5.96. The quantitative estimate of drug-likeness (QED) is 0.261. The van der Waals surface area contributed by atoms with E-state index in [1.165, 1.54) is 33.4 Å². The average molecular weight is 500 g/mol. The van der Waals surface area contributed by atoms with Crippen LogP contribution in [-0.2, 0) is 5.41 Å². The first-order valence-electron chi connectivity index (χ1n) is 13.4. The molecule has 1 aromatic heterocycles. The van der Waals surface area contributed by atoms with E-state index in [1.807, 2.05) is 12.1 Å². The highest BCUT2D eigenvalue weighted by atomic mass is 16.3. The topological polar surface area (TPSA) is 25.2 Å². The Morgan fingerprint density at radius 2 is 1.13 bits per heavy atom. The fraction of sp³-hybridized carbons (Fsp3) is 0.0270. The molecule has 0 atom stereocenters. The van der Waals surface area contributed by atoms with E-state index < -0.39 is 5.41 Å². The van der Waals surface area contributed by atoms with Crippen LogP contribution in [0.4, 0.5) is 11.4 Å². The van der Waals surface area contributed by atoms with Crippen molar-refractivity contribution in [2.75, 3.05) is 5.32 Å². The van der Waals surface area contributed by atoms with Crippen LogP contribution < -0.4 is 5.32 Å². The molecule has 2 heteroatoms. The fourth-order valence-electron chi connectivity index (χ4n) is 6.52. The monoisotopic (exact) mass is 499 g/mol. The Labute approximate surface area is 227 Å². The van der Waals surface area contributed by atoms with Crippen LogP contribution in [0.2, 0.25) is 0 Å². The Hall–Kier alpha value is -5.08. The van der Waals surface area contributed by atoms with Gasteiger partial charge in [0.2, 0.25) is 0 Å². The number of anilines is 2. The molecule has 184 valence electrons. The molecule has 0 fully saturated rings. The van der Waals surface area contributed by atoms with Gasteiger partial charge in [-0.25, -0.2) is 0 Å². The second kappa shape index (κ2) is 8.47. The summed E-state index contributed by atoms with van der Waals surface area (Å²) in [7, 11) is 0. The molecule has 0 spiro atoms. The van der Waals surface area contributed by atoms with Crippen molar-refractivity contribution in [2.24, 2.45) is 0 Å². The number of para-hydroxylation sites is 2. The summed E-state index contributed by atoms with van der Waals surface area (Å²) in [6.45, 7) is 0. The Bertz CT molecular complexity index is 1950. The molecule has 0 radical (unpaired) electrons. The molecule has 8 rings (SSSR count). The molecule has 1 heterocycles. The molecule has 0 amide bonds. The fourth-order valence-corrected chi connectivity index (χ4v) is 6.52. The van der Waals surface area contributed by atoms with E-state index in [1.54, 1.807) is 0 Å². The van der Waals surface area contributed by atoms with Crippen molar-refractivity contribution in [2.45, 2.75) is 5.41 Å². The van der Waals surface area contributed by atoms with Crippen LogP contribution in [0.25, 0.3) is 33.1 Å². The second-order valence-corrected chi connectivity index (χ2v) is 10.2. The maximum atomic E-state index is 6.32. The number of hydrogen-bond acceptors (Lipinski definition) is 2. The zero-order chi connectivity index (χ0) is 25.8. The van der Waals surface area contributed by atoms with Gasteiger partial charge in [0.1, 0.15) is 5.58 Å². The van der Waals surface area contributed by atoms with Gasteiger partial charge in [-0.15, -0.1) is 0 Å². The van der Waals surface area contributed by atoms with Crippen LogP contribution in [0.1, 0.15) is 22.3 Å². The Morgan fingerprint density at radius 3 is 1.92 bits per heavy atom. The van der Waals surface area contributed by atoms with E-state index in [0.29, 0.717) is 0 Å². The number of rotatable bonds is 4. The predicted octanol–water partition coefficient (Wildman–Crippen LogP) is 9.69. The molecular formula is C37H25NO. The van der Waals surface area contributed by atoms with E-state index >= 15 is 0 Å². The predicted molar refractivity (Wildman–Crippen MR) is 161 cm³/mol. The molecule has 1 aliphatic rings. The highest BCUT2D eigenvalue weighted by Gasteiger charge is 2.46. The van der Waals surface area contributed by atoms with Crippen molar-refractivity contribution >= 4 is 33.3 Å². The van der Waals surface area contributed by atoms with Gasteiger partial charge in [0.25, 0.3) is 0 Å². The first-order chi connectivity index (χ1) is 19.3. The van der Waals surface area contributed by atoms with Gasteiger partial charge in [0.05, 0.1) is 11.1 Å². The van der Waals surface area contributed by atoms with Gasteiger partial charge in [0, 0.05) is 16.5 Å². The van der Waals surface area contributed by atoms with Crippen molar-refractivity contribution in [3.8, 4) is 11.1 Å². The largest absolute Gasteiger partial charge is 0.454 e. The van der Waals surface area contributed by atoms with Crippen LogP contribution >= 0.6 is 0 Å². The smallest absolute Gasteiger partial charge is 0.158 e. The summed E-state index contributed by atoms with van der Waals surface area (Å²) >= 11 is 0. The SMILES string of the molecule is c1ccc(C2(c3ccccc3)c3ccccc3-c3ccc(Nc4cccc5c4oc4ccccc45)cc32)cc1. The van der Waals surface area contributed by atoms with Crippen LogP contribution in [0, 0.1) is 0 Å². The molecule has 0 bridgehead atoms. The number of nitrogens with one attached hydrogen (secondary N) is 1. The van der Waals surface area contributed by atoms with Crippen LogP contribution in [0.3, 0.4) is 0 Å². The highest BCUT2D eigenvalue weighted by Crippen LogP contribution is 2.56. The van der Waals surface area contributed by atoms with E-state index in [0.717, 1.165) is 33.3 Å². The van der Waals surface area contributed by atoms with Crippen LogP contribution in [-0.4, -0.2) is 0 Å². The summed E-state index contributed by atoms with van der Waals surface area (Å²) in [4.78, 5) is 0. The Morgan fingerprint density at radius 1 is 0.487 bits per heavy atom. The third-order valence-electron chi connectivity index (χ3n) is 8.14. The van der Waals surface area contributed by atoms with Gasteiger partial charge in [-0.05, 0) is 57.6 Å². The summed E-state index contributed by atoms with van der Waals surface area (Å²) in [6.07, 6.45) is 0. The molecule has 0 aliphatic heterocycles. The number of benzene rings is 6. The van der Waals surface area contributed by atoms with Crippen LogP contribution in [0.5, 0.6) is 0 Å². The van der Waals surface area contributed by atoms with Crippen molar-refractivity contribution in [1.29, 1.82) is 0 Å². The van der Waals surface area contributed by atoms with Crippen molar-refractivity contribution < 1.29 is 4.42 Å². The van der Waals surface area contributed by atoms with Crippen molar-refractivity contribution in [1.82, 2.24) is 0 Å². The van der Waals surface area contributed by atoms with Crippen molar-refractivity contribution in [3.63, 3.8) is 0 Å². The van der Waals surface area contributed by atoms with Gasteiger partial charge in [-0.3, -0.25) is 0 Å². The summed E-state index contributed by atoms with van der Waals surface area (Å²) < 4.78 is 6.32. The molecule has 6 aromatic carbocycles. The van der Waals surface area contributed by atoms with E-state index in [-0.39, 0.29) is 0 Å². The van der Waals surface area contributed by atoms with Gasteiger partial charge >= 0.3 is 0 Å². The molecule has 0 unspecified atom stereocenters. The Balaban J connectivity index is 1.36. The minimum absolute atomic E-state index is 0.419. The van der Waals surface area contributed by atoms with Crippen molar-refractivity contribution in [3.05, 3.63) is 168 Å². The second-order valence-electron chi connectivity index (χ2n) is 10.2. The lowest BCUT2D eigenvalue weighted by Gasteiger charge is -2.34. The molecule has 2 nitrogen and oxygen atoms in total. The normalized spacial score (nSPS) is 13.3. The lowest BCUT2D eigenvalue weighted by molar-refractivity contribution is 0.670. The molecular weight excluding hydrogens is 474 g/mol. The van der Waals surface area contributed by atoms with E-state index in [2.05, 4.69) is 139 Å². The first kappa shape index (κ1) is 22.0. The summed E-state index contributed by atoms with van der Waals surface area (Å²) in [6, 6.07) is 51.9. The Kier molecular flexibility index (Phi) is 4.77. The summed E-state index contributed by atoms with van der Waals surface area (Å²) in [5.41, 5.74) is 11.0. The molecule has 1 aliphatic carbocycles. The number of hydrogen-bond donors (Lipinski definition) is 1. The average Bonchev–Trinajstić information content (AvgIpc) is 3.53. The van der Waals surface area contributed by atoms with E-state index in [9.17, 15) is 0 Å². The van der Waals surface area contributed by atoms with Gasteiger partial charge in [-0.2, -0.15) is 0 Å². The molecule has 0 saturated carbocycles. The maximum absolute atomic E-state index is 6.32. The lowest BCUT2D eigenvalue weighted by atomic mass is 9.67. The standard InChI is InChI=1S/C37H25NO/c1-3-12-25(13-4-1)37(26-14-5-2-6-15-26)32-19-9-7-16-28(32)29-23-22-27(24-33(29)37)38-34-20-11-18-31-30-17-8-10-21-35(30)39-36(31)34/h1-24,38H. The third kappa shape index (κ3) is 3.15. The molecule has 7 aromatic rings. The molecule has 1 N–H and O–H groups in total. The zero-order valence-electron chi connectivity index (χ0n) is 21.3. The zero-order valence-corrected chi connectivity index (χ0v) is 21.3. The van der Waals surface area contributed by atoms with E-state index in [4.69, 9.17) is 4.42 Å². The van der Waals surface area contributed by atoms with Gasteiger partial charge in [-0.1, -0.05) is 121 Å². The molecule has 39 heavy (non-hydrogen) atoms. The van der Waals surface area contributed by atoms with Gasteiger partial charge in [0.15, 0.2) is 5.58 Å². The minimum atomic E-state index is -0.419. The number of fused-ring (bicyclic) bond motifs is 6. The summed E-state index contributed by atoms with van der Waals surface area (Å²) in [5.74, 6) is 0. The first-order valence-corrected chi connectivity index (χ1v) is 13.4. The highest BCUT2D eigenvalue weighted by molar-refractivity contribution is 6.09. The van der Waals surface area contributed by atoms with Crippen LogP contribution in [0.15, 0.2) is 150 Å².